The molecule has 0 aromatic carbocycles. The Morgan fingerprint density at radius 3 is 3.00 bits per heavy atom. The Labute approximate surface area is 70.3 Å². The first-order valence-corrected chi connectivity index (χ1v) is 4.72. The highest BCUT2D eigenvalue weighted by molar-refractivity contribution is 7.98. The topological polar surface area (TPSA) is 58.6 Å². The molecular weight excluding hydrogens is 166 g/mol. The lowest BCUT2D eigenvalue weighted by Gasteiger charge is -2.01. The van der Waals surface area contributed by atoms with E-state index in [0.29, 0.717) is 18.9 Å². The summed E-state index contributed by atoms with van der Waals surface area (Å²) in [6, 6.07) is 0. The predicted molar refractivity (Wildman–Crippen MR) is 44.3 cm³/mol. The van der Waals surface area contributed by atoms with Crippen LogP contribution in [-0.4, -0.2) is 29.8 Å². The van der Waals surface area contributed by atoms with Crippen molar-refractivity contribution in [1.82, 2.24) is 5.48 Å². The van der Waals surface area contributed by atoms with Gasteiger partial charge in [0.15, 0.2) is 0 Å². The molecule has 0 bridgehead atoms. The van der Waals surface area contributed by atoms with Crippen LogP contribution in [0.4, 0.5) is 0 Å². The highest BCUT2D eigenvalue weighted by Crippen LogP contribution is 1.90. The largest absolute Gasteiger partial charge is 0.481 e. The van der Waals surface area contributed by atoms with Gasteiger partial charge in [0.05, 0.1) is 0 Å². The van der Waals surface area contributed by atoms with Crippen LogP contribution in [0.3, 0.4) is 0 Å². The van der Waals surface area contributed by atoms with E-state index in [9.17, 15) is 4.79 Å². The van der Waals surface area contributed by atoms with Gasteiger partial charge in [-0.3, -0.25) is 9.63 Å². The smallest absolute Gasteiger partial charge is 0.303 e. The Kier molecular flexibility index (Phi) is 7.66. The third-order valence-corrected chi connectivity index (χ3v) is 1.30. The molecule has 0 fully saturated rings. The van der Waals surface area contributed by atoms with Crippen LogP contribution >= 0.6 is 11.8 Å². The van der Waals surface area contributed by atoms with Gasteiger partial charge in [-0.25, -0.2) is 5.48 Å². The van der Waals surface area contributed by atoms with Gasteiger partial charge in [0, 0.05) is 13.0 Å². The molecular formula is C6H13NO3S. The molecule has 0 aromatic heterocycles. The molecule has 5 heteroatoms. The Morgan fingerprint density at radius 1 is 1.73 bits per heavy atom. The zero-order chi connectivity index (χ0) is 8.53. The van der Waals surface area contributed by atoms with E-state index in [1.165, 1.54) is 0 Å². The summed E-state index contributed by atoms with van der Waals surface area (Å²) in [7, 11) is 0. The van der Waals surface area contributed by atoms with E-state index < -0.39 is 5.97 Å². The van der Waals surface area contributed by atoms with E-state index in [-0.39, 0.29) is 6.42 Å². The fourth-order valence-electron chi connectivity index (χ4n) is 0.485. The summed E-state index contributed by atoms with van der Waals surface area (Å²) in [6.07, 6.45) is 2.72. The zero-order valence-corrected chi connectivity index (χ0v) is 7.32. The number of nitrogens with one attached hydrogen (secondary N) is 1. The van der Waals surface area contributed by atoms with Crippen molar-refractivity contribution in [2.24, 2.45) is 0 Å². The van der Waals surface area contributed by atoms with Gasteiger partial charge in [0.2, 0.25) is 0 Å². The fourth-order valence-corrected chi connectivity index (χ4v) is 0.686. The summed E-state index contributed by atoms with van der Waals surface area (Å²) >= 11 is 1.56. The van der Waals surface area contributed by atoms with Crippen LogP contribution in [0.15, 0.2) is 0 Å². The van der Waals surface area contributed by atoms with Crippen molar-refractivity contribution in [3.8, 4) is 0 Å². The maximum atomic E-state index is 10.0. The second-order valence-electron chi connectivity index (χ2n) is 1.94. The minimum atomic E-state index is -0.767. The molecule has 0 saturated carbocycles. The summed E-state index contributed by atoms with van der Waals surface area (Å²) in [5.41, 5.74) is 2.66. The highest BCUT2D eigenvalue weighted by Gasteiger charge is 1.94. The van der Waals surface area contributed by atoms with Gasteiger partial charge in [-0.2, -0.15) is 0 Å². The van der Waals surface area contributed by atoms with Crippen molar-refractivity contribution in [3.63, 3.8) is 0 Å². The van der Waals surface area contributed by atoms with Crippen molar-refractivity contribution in [2.45, 2.75) is 12.8 Å². The van der Waals surface area contributed by atoms with Gasteiger partial charge in [-0.15, -0.1) is 11.8 Å². The Bertz CT molecular complexity index is 110. The number of hydrogen-bond donors (Lipinski definition) is 2. The van der Waals surface area contributed by atoms with Crippen molar-refractivity contribution in [1.29, 1.82) is 0 Å². The van der Waals surface area contributed by atoms with E-state index in [1.54, 1.807) is 11.8 Å². The third-order valence-electron chi connectivity index (χ3n) is 0.948. The molecule has 66 valence electrons. The molecule has 4 nitrogen and oxygen atoms in total. The van der Waals surface area contributed by atoms with Crippen molar-refractivity contribution >= 4 is 17.7 Å². The van der Waals surface area contributed by atoms with Crippen LogP contribution < -0.4 is 5.48 Å². The highest BCUT2D eigenvalue weighted by atomic mass is 32.2. The lowest BCUT2D eigenvalue weighted by atomic mass is 10.3. The molecule has 2 N–H and O–H groups in total. The first-order valence-electron chi connectivity index (χ1n) is 3.32. The van der Waals surface area contributed by atoms with Crippen molar-refractivity contribution < 1.29 is 14.7 Å². The number of aliphatic carboxylic acids is 1. The lowest BCUT2D eigenvalue weighted by Crippen LogP contribution is -2.16. The summed E-state index contributed by atoms with van der Waals surface area (Å²) in [5.74, 6) is -0.177. The second-order valence-corrected chi connectivity index (χ2v) is 2.76. The van der Waals surface area contributed by atoms with Gasteiger partial charge in [-0.05, 0) is 12.7 Å². The number of thioether (sulfide) groups is 1. The molecule has 0 heterocycles. The SMILES string of the molecule is CSCONCCCC(=O)O. The first-order chi connectivity index (χ1) is 5.27. The maximum Gasteiger partial charge on any atom is 0.303 e. The van der Waals surface area contributed by atoms with Gasteiger partial charge in [0.1, 0.15) is 5.94 Å². The molecule has 0 aromatic rings. The Hall–Kier alpha value is -0.260. The third kappa shape index (κ3) is 9.74. The number of carbonyl (C=O) groups is 1. The van der Waals surface area contributed by atoms with Gasteiger partial charge >= 0.3 is 5.97 Å². The zero-order valence-electron chi connectivity index (χ0n) is 6.50. The number of carboxylic acids is 1. The molecule has 0 spiro atoms. The lowest BCUT2D eigenvalue weighted by molar-refractivity contribution is -0.137. The van der Waals surface area contributed by atoms with Crippen LogP contribution in [-0.2, 0) is 9.63 Å². The fraction of sp³-hybridized carbons (Fsp3) is 0.833. The quantitative estimate of drug-likeness (QED) is 0.342. The molecule has 0 radical (unpaired) electrons. The summed E-state index contributed by atoms with van der Waals surface area (Å²) < 4.78 is 0. The minimum absolute atomic E-state index is 0.190. The van der Waals surface area contributed by atoms with E-state index in [2.05, 4.69) is 5.48 Å². The number of carboxylic acid groups (broad SMARTS) is 1. The molecule has 0 aliphatic carbocycles. The van der Waals surface area contributed by atoms with Crippen LogP contribution in [0.2, 0.25) is 0 Å². The Morgan fingerprint density at radius 2 is 2.45 bits per heavy atom. The standard InChI is InChI=1S/C6H13NO3S/c1-11-5-10-7-4-2-3-6(8)9/h7H,2-5H2,1H3,(H,8,9). The summed E-state index contributed by atoms with van der Waals surface area (Å²) in [5, 5.41) is 8.24. The van der Waals surface area contributed by atoms with Crippen LogP contribution in [0.1, 0.15) is 12.8 Å². The van der Waals surface area contributed by atoms with Crippen molar-refractivity contribution in [2.75, 3.05) is 18.7 Å². The van der Waals surface area contributed by atoms with Gasteiger partial charge in [-0.1, -0.05) is 0 Å². The molecule has 0 atom stereocenters. The average Bonchev–Trinajstić information content (AvgIpc) is 1.96. The number of hydroxylamine groups is 1. The molecule has 0 unspecified atom stereocenters. The maximum absolute atomic E-state index is 10.0. The van der Waals surface area contributed by atoms with Crippen LogP contribution in [0.25, 0.3) is 0 Å². The molecule has 11 heavy (non-hydrogen) atoms. The van der Waals surface area contributed by atoms with E-state index in [1.807, 2.05) is 6.26 Å². The van der Waals surface area contributed by atoms with Gasteiger partial charge in [0.25, 0.3) is 0 Å². The molecule has 0 aliphatic rings. The minimum Gasteiger partial charge on any atom is -0.481 e. The average molecular weight is 179 g/mol. The van der Waals surface area contributed by atoms with Crippen molar-refractivity contribution in [3.05, 3.63) is 0 Å². The second kappa shape index (κ2) is 7.84. The summed E-state index contributed by atoms with van der Waals surface area (Å²) in [4.78, 5) is 14.9. The summed E-state index contributed by atoms with van der Waals surface area (Å²) in [6.45, 7) is 0.590. The van der Waals surface area contributed by atoms with Gasteiger partial charge < -0.3 is 5.11 Å². The van der Waals surface area contributed by atoms with Crippen LogP contribution in [0.5, 0.6) is 0 Å². The predicted octanol–water partition coefficient (Wildman–Crippen LogP) is 0.693. The van der Waals surface area contributed by atoms with Crippen LogP contribution in [0, 0.1) is 0 Å². The Balaban J connectivity index is 2.85. The number of rotatable bonds is 7. The molecule has 0 amide bonds. The van der Waals surface area contributed by atoms with E-state index in [4.69, 9.17) is 9.94 Å². The molecule has 0 aliphatic heterocycles. The number of hydrogen-bond acceptors (Lipinski definition) is 4. The normalized spacial score (nSPS) is 9.91. The molecule has 0 rings (SSSR count). The van der Waals surface area contributed by atoms with E-state index >= 15 is 0 Å². The molecule has 0 saturated heterocycles. The first kappa shape index (κ1) is 10.7. The monoisotopic (exact) mass is 179 g/mol. The van der Waals surface area contributed by atoms with E-state index in [0.717, 1.165) is 0 Å².